The zero-order valence-corrected chi connectivity index (χ0v) is 17.6. The first-order valence-corrected chi connectivity index (χ1v) is 10.8. The monoisotopic (exact) mass is 425 g/mol. The molecule has 1 saturated carbocycles. The lowest BCUT2D eigenvalue weighted by atomic mass is 9.82. The molecule has 7 heteroatoms. The fraction of sp³-hybridized carbons (Fsp3) is 0.348. The lowest BCUT2D eigenvalue weighted by Crippen LogP contribution is -2.36. The van der Waals surface area contributed by atoms with Crippen LogP contribution in [-0.4, -0.2) is 29.6 Å². The molecule has 2 aliphatic carbocycles. The van der Waals surface area contributed by atoms with Gasteiger partial charge >= 0.3 is 11.9 Å². The number of carboxylic acid groups (broad SMARTS) is 1. The summed E-state index contributed by atoms with van der Waals surface area (Å²) in [6.45, 7) is 3.84. The van der Waals surface area contributed by atoms with Crippen molar-refractivity contribution in [3.63, 3.8) is 0 Å². The number of aryl methyl sites for hydroxylation is 1. The Kier molecular flexibility index (Phi) is 5.47. The number of carbonyl (C=O) groups is 3. The predicted octanol–water partition coefficient (Wildman–Crippen LogP) is 4.36. The number of allylic oxidation sites excluding steroid dienone is 2. The summed E-state index contributed by atoms with van der Waals surface area (Å²) in [5, 5.41) is 12.9. The molecule has 1 fully saturated rings. The van der Waals surface area contributed by atoms with E-state index in [1.54, 1.807) is 6.92 Å². The highest BCUT2D eigenvalue weighted by Gasteiger charge is 2.51. The topological polar surface area (TPSA) is 92.7 Å². The van der Waals surface area contributed by atoms with Gasteiger partial charge in [-0.05, 0) is 37.7 Å². The van der Waals surface area contributed by atoms with Gasteiger partial charge in [0, 0.05) is 10.4 Å². The number of benzene rings is 1. The molecule has 30 heavy (non-hydrogen) atoms. The average Bonchev–Trinajstić information content (AvgIpc) is 3.41. The van der Waals surface area contributed by atoms with E-state index in [1.807, 2.05) is 49.4 Å². The van der Waals surface area contributed by atoms with Gasteiger partial charge in [0.2, 0.25) is 5.91 Å². The lowest BCUT2D eigenvalue weighted by molar-refractivity contribution is -0.146. The van der Waals surface area contributed by atoms with Crippen molar-refractivity contribution < 1.29 is 24.2 Å². The van der Waals surface area contributed by atoms with Crippen LogP contribution < -0.4 is 5.32 Å². The number of nitrogens with one attached hydrogen (secondary N) is 1. The van der Waals surface area contributed by atoms with Crippen molar-refractivity contribution >= 4 is 34.2 Å². The number of hydrogen-bond donors (Lipinski definition) is 2. The van der Waals surface area contributed by atoms with Crippen LogP contribution in [0.2, 0.25) is 0 Å². The second-order valence-corrected chi connectivity index (χ2v) is 8.88. The van der Waals surface area contributed by atoms with Crippen LogP contribution in [0.1, 0.15) is 28.6 Å². The summed E-state index contributed by atoms with van der Waals surface area (Å²) in [6.07, 6.45) is 4.52. The quantitative estimate of drug-likeness (QED) is 0.530. The molecule has 0 aliphatic heterocycles. The van der Waals surface area contributed by atoms with E-state index in [9.17, 15) is 19.5 Å². The van der Waals surface area contributed by atoms with Crippen molar-refractivity contribution in [2.24, 2.45) is 23.7 Å². The van der Waals surface area contributed by atoms with Crippen LogP contribution in [0.5, 0.6) is 0 Å². The number of fused-ring (bicyclic) bond motifs is 2. The number of thiophene rings is 1. The van der Waals surface area contributed by atoms with Crippen LogP contribution in [0.4, 0.5) is 5.00 Å². The normalized spacial score (nSPS) is 24.1. The number of carboxylic acids is 1. The summed E-state index contributed by atoms with van der Waals surface area (Å²) >= 11 is 1.31. The molecule has 0 radical (unpaired) electrons. The molecule has 4 atom stereocenters. The summed E-state index contributed by atoms with van der Waals surface area (Å²) < 4.78 is 5.27. The van der Waals surface area contributed by atoms with E-state index in [2.05, 4.69) is 5.32 Å². The van der Waals surface area contributed by atoms with Crippen molar-refractivity contribution in [1.82, 2.24) is 0 Å². The van der Waals surface area contributed by atoms with Crippen molar-refractivity contribution in [2.75, 3.05) is 11.9 Å². The first kappa shape index (κ1) is 20.3. The fourth-order valence-corrected chi connectivity index (χ4v) is 5.76. The third-order valence-electron chi connectivity index (χ3n) is 5.91. The van der Waals surface area contributed by atoms with Crippen LogP contribution in [-0.2, 0) is 14.3 Å². The minimum Gasteiger partial charge on any atom is -0.481 e. The third kappa shape index (κ3) is 3.43. The minimum atomic E-state index is -0.954. The summed E-state index contributed by atoms with van der Waals surface area (Å²) in [5.74, 6) is -3.39. The lowest BCUT2D eigenvalue weighted by Gasteiger charge is -2.23. The molecule has 2 aliphatic rings. The minimum absolute atomic E-state index is 0.0863. The Balaban J connectivity index is 1.71. The van der Waals surface area contributed by atoms with E-state index < -0.39 is 23.8 Å². The number of rotatable bonds is 6. The second kappa shape index (κ2) is 8.07. The van der Waals surface area contributed by atoms with E-state index >= 15 is 0 Å². The molecule has 1 amide bonds. The molecule has 0 saturated heterocycles. The van der Waals surface area contributed by atoms with Crippen LogP contribution >= 0.6 is 11.3 Å². The highest BCUT2D eigenvalue weighted by Crippen LogP contribution is 2.49. The van der Waals surface area contributed by atoms with E-state index in [0.717, 1.165) is 16.0 Å². The van der Waals surface area contributed by atoms with Crippen molar-refractivity contribution in [3.05, 3.63) is 52.9 Å². The Morgan fingerprint density at radius 1 is 1.13 bits per heavy atom. The first-order valence-electron chi connectivity index (χ1n) is 10.00. The summed E-state index contributed by atoms with van der Waals surface area (Å²) in [5.41, 5.74) is 1.92. The van der Waals surface area contributed by atoms with Crippen LogP contribution in [0, 0.1) is 30.6 Å². The highest BCUT2D eigenvalue weighted by atomic mass is 32.1. The van der Waals surface area contributed by atoms with E-state index in [-0.39, 0.29) is 24.3 Å². The Morgan fingerprint density at radius 2 is 1.80 bits per heavy atom. The Bertz CT molecular complexity index is 1030. The van der Waals surface area contributed by atoms with Crippen LogP contribution in [0.15, 0.2) is 42.5 Å². The van der Waals surface area contributed by atoms with Gasteiger partial charge in [0.15, 0.2) is 0 Å². The number of ether oxygens (including phenoxy) is 1. The van der Waals surface area contributed by atoms with Crippen molar-refractivity contribution in [3.8, 4) is 11.1 Å². The maximum atomic E-state index is 13.2. The number of hydrogen-bond acceptors (Lipinski definition) is 5. The first-order chi connectivity index (χ1) is 14.4. The molecule has 6 nitrogen and oxygen atoms in total. The maximum absolute atomic E-state index is 13.2. The Labute approximate surface area is 178 Å². The number of anilines is 1. The number of aliphatic carboxylic acids is 1. The van der Waals surface area contributed by atoms with Gasteiger partial charge in [0.25, 0.3) is 0 Å². The molecule has 0 spiro atoms. The van der Waals surface area contributed by atoms with Gasteiger partial charge in [-0.3, -0.25) is 9.59 Å². The maximum Gasteiger partial charge on any atom is 0.341 e. The molecule has 2 aromatic rings. The number of carbonyl (C=O) groups excluding carboxylic acids is 2. The molecule has 1 heterocycles. The summed E-state index contributed by atoms with van der Waals surface area (Å²) in [4.78, 5) is 38.6. The van der Waals surface area contributed by atoms with Gasteiger partial charge in [0.05, 0.1) is 18.4 Å². The standard InChI is InChI=1S/C23H23NO5S/c1-3-29-23(28)19-16(13-7-5-4-6-8-13)12(2)30-21(19)24-20(25)17-14-9-10-15(11-14)18(17)22(26)27/h4-10,14-15,17-18H,3,11H2,1-2H3,(H,24,25)(H,26,27)/t14-,15-,17+,18+/m0/s1. The zero-order valence-electron chi connectivity index (χ0n) is 16.8. The average molecular weight is 426 g/mol. The third-order valence-corrected chi connectivity index (χ3v) is 6.93. The largest absolute Gasteiger partial charge is 0.481 e. The molecular weight excluding hydrogens is 402 g/mol. The van der Waals surface area contributed by atoms with Gasteiger partial charge < -0.3 is 15.2 Å². The van der Waals surface area contributed by atoms with Crippen molar-refractivity contribution in [2.45, 2.75) is 20.3 Å². The number of amides is 1. The van der Waals surface area contributed by atoms with Crippen LogP contribution in [0.25, 0.3) is 11.1 Å². The SMILES string of the molecule is CCOC(=O)c1c(NC(=O)[C@H]2[C@H](C(=O)O)[C@H]3C=C[C@H]2C3)sc(C)c1-c1ccccc1. The fourth-order valence-electron chi connectivity index (χ4n) is 4.69. The van der Waals surface area contributed by atoms with Gasteiger partial charge in [-0.1, -0.05) is 42.5 Å². The van der Waals surface area contributed by atoms with Crippen molar-refractivity contribution in [1.29, 1.82) is 0 Å². The molecule has 156 valence electrons. The Morgan fingerprint density at radius 3 is 2.43 bits per heavy atom. The van der Waals surface area contributed by atoms with Gasteiger partial charge in [-0.15, -0.1) is 11.3 Å². The van der Waals surface area contributed by atoms with E-state index in [1.165, 1.54) is 11.3 Å². The highest BCUT2D eigenvalue weighted by molar-refractivity contribution is 7.17. The van der Waals surface area contributed by atoms with Gasteiger partial charge in [0.1, 0.15) is 10.6 Å². The summed E-state index contributed by atoms with van der Waals surface area (Å²) in [6, 6.07) is 9.49. The van der Waals surface area contributed by atoms with Crippen LogP contribution in [0.3, 0.4) is 0 Å². The zero-order chi connectivity index (χ0) is 21.4. The summed E-state index contributed by atoms with van der Waals surface area (Å²) in [7, 11) is 0. The molecule has 2 bridgehead atoms. The Hall–Kier alpha value is -2.93. The van der Waals surface area contributed by atoms with E-state index in [0.29, 0.717) is 17.0 Å². The molecule has 0 unspecified atom stereocenters. The second-order valence-electron chi connectivity index (χ2n) is 7.65. The molecule has 4 rings (SSSR count). The molecular formula is C23H23NO5S. The predicted molar refractivity (Wildman–Crippen MR) is 114 cm³/mol. The molecule has 2 N–H and O–H groups in total. The van der Waals surface area contributed by atoms with Gasteiger partial charge in [-0.25, -0.2) is 4.79 Å². The number of esters is 1. The molecule has 1 aromatic carbocycles. The smallest absolute Gasteiger partial charge is 0.341 e. The van der Waals surface area contributed by atoms with Gasteiger partial charge in [-0.2, -0.15) is 0 Å². The molecule has 1 aromatic heterocycles. The van der Waals surface area contributed by atoms with E-state index in [4.69, 9.17) is 4.74 Å².